The summed E-state index contributed by atoms with van der Waals surface area (Å²) in [7, 11) is 0. The van der Waals surface area contributed by atoms with E-state index in [-0.39, 0.29) is 11.3 Å². The number of amides is 1. The van der Waals surface area contributed by atoms with Crippen LogP contribution in [0.3, 0.4) is 0 Å². The number of ether oxygens (including phenoxy) is 1. The lowest BCUT2D eigenvalue weighted by atomic mass is 9.80. The van der Waals surface area contributed by atoms with Crippen LogP contribution in [-0.2, 0) is 9.53 Å². The molecule has 1 spiro atoms. The minimum absolute atomic E-state index is 0.00529. The zero-order valence-electron chi connectivity index (χ0n) is 13.4. The van der Waals surface area contributed by atoms with Gasteiger partial charge in [0.05, 0.1) is 13.2 Å². The highest BCUT2D eigenvalue weighted by Crippen LogP contribution is 2.34. The Morgan fingerprint density at radius 2 is 2.05 bits per heavy atom. The Bertz CT molecular complexity index is 533. The van der Waals surface area contributed by atoms with Crippen molar-refractivity contribution in [1.82, 2.24) is 14.9 Å². The average Bonchev–Trinajstić information content (AvgIpc) is 2.71. The molecule has 22 heavy (non-hydrogen) atoms. The molecule has 6 heteroatoms. The van der Waals surface area contributed by atoms with Gasteiger partial charge in [0, 0.05) is 50.9 Å². The molecule has 3 heterocycles. The molecule has 2 aliphatic rings. The quantitative estimate of drug-likeness (QED) is 0.781. The second-order valence-corrected chi connectivity index (χ2v) is 6.58. The molecule has 0 aliphatic carbocycles. The van der Waals surface area contributed by atoms with E-state index in [2.05, 4.69) is 14.9 Å². The maximum Gasteiger partial charge on any atom is 0.225 e. The third-order valence-electron chi connectivity index (χ3n) is 4.60. The molecule has 120 valence electrons. The smallest absolute Gasteiger partial charge is 0.225 e. The number of anilines is 1. The predicted molar refractivity (Wildman–Crippen MR) is 83.7 cm³/mol. The number of carbonyl (C=O) groups is 1. The maximum absolute atomic E-state index is 11.8. The van der Waals surface area contributed by atoms with E-state index in [1.54, 1.807) is 6.92 Å². The highest BCUT2D eigenvalue weighted by molar-refractivity contribution is 5.73. The zero-order chi connectivity index (χ0) is 15.6. The van der Waals surface area contributed by atoms with Crippen LogP contribution in [0.1, 0.15) is 25.3 Å². The van der Waals surface area contributed by atoms with Gasteiger partial charge in [-0.2, -0.15) is 0 Å². The number of hydrogen-bond acceptors (Lipinski definition) is 5. The summed E-state index contributed by atoms with van der Waals surface area (Å²) in [5.41, 5.74) is 1.06. The lowest BCUT2D eigenvalue weighted by Gasteiger charge is -2.43. The first kappa shape index (κ1) is 15.2. The number of hydrogen-bond donors (Lipinski definition) is 0. The van der Waals surface area contributed by atoms with E-state index < -0.39 is 0 Å². The van der Waals surface area contributed by atoms with Gasteiger partial charge in [0.2, 0.25) is 11.9 Å². The Morgan fingerprint density at radius 1 is 1.27 bits per heavy atom. The van der Waals surface area contributed by atoms with E-state index in [0.29, 0.717) is 19.8 Å². The normalized spacial score (nSPS) is 26.1. The monoisotopic (exact) mass is 304 g/mol. The van der Waals surface area contributed by atoms with Crippen molar-refractivity contribution in [1.29, 1.82) is 0 Å². The highest BCUT2D eigenvalue weighted by Gasteiger charge is 2.40. The molecule has 6 nitrogen and oxygen atoms in total. The molecule has 1 aromatic rings. The van der Waals surface area contributed by atoms with Crippen molar-refractivity contribution in [2.24, 2.45) is 5.41 Å². The summed E-state index contributed by atoms with van der Waals surface area (Å²) in [6.07, 6.45) is 5.87. The van der Waals surface area contributed by atoms with Gasteiger partial charge < -0.3 is 14.5 Å². The van der Waals surface area contributed by atoms with Gasteiger partial charge in [0.15, 0.2) is 0 Å². The molecule has 2 fully saturated rings. The molecular formula is C16H24N4O2. The molecule has 1 unspecified atom stereocenters. The summed E-state index contributed by atoms with van der Waals surface area (Å²) in [6.45, 7) is 8.24. The van der Waals surface area contributed by atoms with Crippen molar-refractivity contribution < 1.29 is 9.53 Å². The van der Waals surface area contributed by atoms with Crippen molar-refractivity contribution in [3.8, 4) is 0 Å². The number of rotatable bonds is 1. The summed E-state index contributed by atoms with van der Waals surface area (Å²) < 4.78 is 5.81. The molecule has 0 radical (unpaired) electrons. The molecule has 0 aromatic carbocycles. The Hall–Kier alpha value is -1.69. The minimum Gasteiger partial charge on any atom is -0.379 e. The fourth-order valence-corrected chi connectivity index (χ4v) is 3.44. The molecule has 3 rings (SSSR count). The van der Waals surface area contributed by atoms with Crippen LogP contribution in [-0.4, -0.2) is 60.2 Å². The molecule has 1 aromatic heterocycles. The molecular weight excluding hydrogens is 280 g/mol. The SMILES string of the molecule is CC(=O)N1CCOCC2(CCCN(c3ncc(C)cn3)C2)C1. The topological polar surface area (TPSA) is 58.6 Å². The Morgan fingerprint density at radius 3 is 2.77 bits per heavy atom. The van der Waals surface area contributed by atoms with Crippen LogP contribution >= 0.6 is 0 Å². The van der Waals surface area contributed by atoms with Crippen LogP contribution in [0.15, 0.2) is 12.4 Å². The summed E-state index contributed by atoms with van der Waals surface area (Å²) in [6, 6.07) is 0. The van der Waals surface area contributed by atoms with Crippen molar-refractivity contribution in [3.63, 3.8) is 0 Å². The van der Waals surface area contributed by atoms with Gasteiger partial charge in [-0.25, -0.2) is 9.97 Å². The largest absolute Gasteiger partial charge is 0.379 e. The first-order valence-corrected chi connectivity index (χ1v) is 7.95. The highest BCUT2D eigenvalue weighted by atomic mass is 16.5. The summed E-state index contributed by atoms with van der Waals surface area (Å²) in [4.78, 5) is 24.9. The summed E-state index contributed by atoms with van der Waals surface area (Å²) in [5, 5.41) is 0. The number of piperidine rings is 1. The fraction of sp³-hybridized carbons (Fsp3) is 0.688. The van der Waals surface area contributed by atoms with E-state index in [4.69, 9.17) is 4.74 Å². The van der Waals surface area contributed by atoms with Crippen LogP contribution in [0, 0.1) is 12.3 Å². The standard InChI is InChI=1S/C16H24N4O2/c1-13-8-17-15(18-9-13)20-5-3-4-16(11-20)10-19(14(2)21)6-7-22-12-16/h8-9H,3-7,10-12H2,1-2H3. The van der Waals surface area contributed by atoms with Crippen molar-refractivity contribution >= 4 is 11.9 Å². The van der Waals surface area contributed by atoms with E-state index in [1.807, 2.05) is 24.2 Å². The van der Waals surface area contributed by atoms with E-state index in [1.165, 1.54) is 0 Å². The van der Waals surface area contributed by atoms with Gasteiger partial charge in [-0.15, -0.1) is 0 Å². The van der Waals surface area contributed by atoms with Crippen molar-refractivity contribution in [2.75, 3.05) is 44.3 Å². The first-order chi connectivity index (χ1) is 10.6. The Kier molecular flexibility index (Phi) is 4.29. The number of carbonyl (C=O) groups excluding carboxylic acids is 1. The number of aromatic nitrogens is 2. The van der Waals surface area contributed by atoms with Crippen LogP contribution in [0.25, 0.3) is 0 Å². The Labute approximate surface area is 131 Å². The van der Waals surface area contributed by atoms with Gasteiger partial charge in [-0.05, 0) is 25.3 Å². The van der Waals surface area contributed by atoms with Crippen molar-refractivity contribution in [2.45, 2.75) is 26.7 Å². The predicted octanol–water partition coefficient (Wildman–Crippen LogP) is 1.25. The molecule has 1 amide bonds. The van der Waals surface area contributed by atoms with Crippen LogP contribution in [0.2, 0.25) is 0 Å². The third kappa shape index (κ3) is 3.21. The van der Waals surface area contributed by atoms with Gasteiger partial charge in [-0.3, -0.25) is 4.79 Å². The first-order valence-electron chi connectivity index (χ1n) is 7.95. The van der Waals surface area contributed by atoms with Crippen molar-refractivity contribution in [3.05, 3.63) is 18.0 Å². The molecule has 2 aliphatic heterocycles. The molecule has 0 N–H and O–H groups in total. The second-order valence-electron chi connectivity index (χ2n) is 6.58. The molecule has 0 saturated carbocycles. The molecule has 1 atom stereocenters. The molecule has 0 bridgehead atoms. The van der Waals surface area contributed by atoms with Gasteiger partial charge in [-0.1, -0.05) is 0 Å². The van der Waals surface area contributed by atoms with Crippen LogP contribution in [0.4, 0.5) is 5.95 Å². The third-order valence-corrected chi connectivity index (χ3v) is 4.60. The molecule has 2 saturated heterocycles. The lowest BCUT2D eigenvalue weighted by molar-refractivity contribution is -0.130. The lowest BCUT2D eigenvalue weighted by Crippen LogP contribution is -2.51. The summed E-state index contributed by atoms with van der Waals surface area (Å²) in [5.74, 6) is 0.914. The number of nitrogens with zero attached hydrogens (tertiary/aromatic N) is 4. The summed E-state index contributed by atoms with van der Waals surface area (Å²) >= 11 is 0. The second kappa shape index (κ2) is 6.20. The van der Waals surface area contributed by atoms with E-state index in [9.17, 15) is 4.79 Å². The van der Waals surface area contributed by atoms with Gasteiger partial charge >= 0.3 is 0 Å². The minimum atomic E-state index is -0.00529. The van der Waals surface area contributed by atoms with Gasteiger partial charge in [0.25, 0.3) is 0 Å². The van der Waals surface area contributed by atoms with Crippen LogP contribution < -0.4 is 4.90 Å². The average molecular weight is 304 g/mol. The maximum atomic E-state index is 11.8. The van der Waals surface area contributed by atoms with E-state index in [0.717, 1.165) is 44.0 Å². The number of aryl methyl sites for hydroxylation is 1. The fourth-order valence-electron chi connectivity index (χ4n) is 3.44. The van der Waals surface area contributed by atoms with Crippen LogP contribution in [0.5, 0.6) is 0 Å². The van der Waals surface area contributed by atoms with Gasteiger partial charge in [0.1, 0.15) is 0 Å². The van der Waals surface area contributed by atoms with E-state index >= 15 is 0 Å². The zero-order valence-corrected chi connectivity index (χ0v) is 13.4. The Balaban J connectivity index is 1.78.